The second-order valence-corrected chi connectivity index (χ2v) is 5.54. The Kier molecular flexibility index (Phi) is 5.73. The highest BCUT2D eigenvalue weighted by atomic mass is 35.5. The van der Waals surface area contributed by atoms with Gasteiger partial charge in [0.1, 0.15) is 5.75 Å². The van der Waals surface area contributed by atoms with E-state index in [1.807, 2.05) is 0 Å². The molecule has 2 N–H and O–H groups in total. The van der Waals surface area contributed by atoms with Gasteiger partial charge in [0, 0.05) is 12.2 Å². The average Bonchev–Trinajstić information content (AvgIpc) is 2.90. The van der Waals surface area contributed by atoms with Crippen LogP contribution in [0.4, 0.5) is 14.5 Å². The number of carboxylic acid groups (broad SMARTS) is 1. The van der Waals surface area contributed by atoms with Crippen LogP contribution in [0.3, 0.4) is 0 Å². The predicted octanol–water partition coefficient (Wildman–Crippen LogP) is 2.29. The van der Waals surface area contributed by atoms with Gasteiger partial charge in [-0.25, -0.2) is 0 Å². The van der Waals surface area contributed by atoms with Gasteiger partial charge in [-0.1, -0.05) is 11.6 Å². The van der Waals surface area contributed by atoms with Crippen LogP contribution >= 0.6 is 11.6 Å². The van der Waals surface area contributed by atoms with Crippen molar-refractivity contribution in [2.75, 3.05) is 25.0 Å². The Morgan fingerprint density at radius 3 is 2.78 bits per heavy atom. The van der Waals surface area contributed by atoms with Crippen LogP contribution in [-0.4, -0.2) is 48.1 Å². The fourth-order valence-corrected chi connectivity index (χ4v) is 2.58. The molecule has 2 rings (SSSR count). The van der Waals surface area contributed by atoms with Crippen molar-refractivity contribution in [1.29, 1.82) is 0 Å². The number of anilines is 1. The van der Waals surface area contributed by atoms with Crippen LogP contribution in [0.15, 0.2) is 18.2 Å². The van der Waals surface area contributed by atoms with E-state index >= 15 is 0 Å². The maximum atomic E-state index is 12.1. The number of hydrogen-bond donors (Lipinski definition) is 2. The van der Waals surface area contributed by atoms with E-state index in [9.17, 15) is 18.4 Å². The Bertz CT molecular complexity index is 600. The van der Waals surface area contributed by atoms with Crippen molar-refractivity contribution in [3.05, 3.63) is 23.2 Å². The second-order valence-electron chi connectivity index (χ2n) is 5.13. The minimum atomic E-state index is -2.98. The zero-order valence-corrected chi connectivity index (χ0v) is 12.7. The number of halogens is 3. The minimum absolute atomic E-state index is 0.0461. The van der Waals surface area contributed by atoms with E-state index in [4.69, 9.17) is 16.7 Å². The maximum Gasteiger partial charge on any atom is 0.387 e. The van der Waals surface area contributed by atoms with Gasteiger partial charge in [-0.2, -0.15) is 8.78 Å². The first-order valence-corrected chi connectivity index (χ1v) is 7.22. The van der Waals surface area contributed by atoms with Gasteiger partial charge in [0.05, 0.1) is 17.5 Å². The fraction of sp³-hybridized carbons (Fsp3) is 0.429. The van der Waals surface area contributed by atoms with Crippen molar-refractivity contribution in [3.63, 3.8) is 0 Å². The number of carbonyl (C=O) groups is 2. The lowest BCUT2D eigenvalue weighted by molar-refractivity contribution is -0.141. The zero-order chi connectivity index (χ0) is 17.0. The van der Waals surface area contributed by atoms with Crippen LogP contribution in [0.25, 0.3) is 0 Å². The smallest absolute Gasteiger partial charge is 0.387 e. The highest BCUT2D eigenvalue weighted by molar-refractivity contribution is 6.32. The molecule has 1 unspecified atom stereocenters. The summed E-state index contributed by atoms with van der Waals surface area (Å²) in [6.45, 7) is -2.07. The first-order chi connectivity index (χ1) is 10.8. The molecule has 0 saturated carbocycles. The molecular weight excluding hydrogens is 334 g/mol. The number of carboxylic acids is 1. The summed E-state index contributed by atoms with van der Waals surface area (Å²) in [5.41, 5.74) is 0.343. The summed E-state index contributed by atoms with van der Waals surface area (Å²) in [5.74, 6) is -1.84. The summed E-state index contributed by atoms with van der Waals surface area (Å²) < 4.78 is 28.5. The number of likely N-dealkylation sites (tertiary alicyclic amines) is 1. The molecule has 1 saturated heterocycles. The number of hydrogen-bond acceptors (Lipinski definition) is 4. The Labute approximate surface area is 136 Å². The molecule has 1 aliphatic heterocycles. The van der Waals surface area contributed by atoms with E-state index in [1.54, 1.807) is 4.90 Å². The summed E-state index contributed by atoms with van der Waals surface area (Å²) in [4.78, 5) is 24.5. The van der Waals surface area contributed by atoms with E-state index in [1.165, 1.54) is 18.2 Å². The summed E-state index contributed by atoms with van der Waals surface area (Å²) in [7, 11) is 0. The van der Waals surface area contributed by atoms with Crippen LogP contribution in [0, 0.1) is 5.92 Å². The van der Waals surface area contributed by atoms with Gasteiger partial charge in [-0.15, -0.1) is 0 Å². The third-order valence-corrected chi connectivity index (χ3v) is 3.72. The fourth-order valence-electron chi connectivity index (χ4n) is 2.35. The highest BCUT2D eigenvalue weighted by Crippen LogP contribution is 2.29. The average molecular weight is 349 g/mol. The predicted molar refractivity (Wildman–Crippen MR) is 78.9 cm³/mol. The van der Waals surface area contributed by atoms with Gasteiger partial charge < -0.3 is 15.2 Å². The van der Waals surface area contributed by atoms with Crippen molar-refractivity contribution in [2.24, 2.45) is 5.92 Å². The molecule has 9 heteroatoms. The molecular formula is C14H15ClF2N2O4. The topological polar surface area (TPSA) is 78.9 Å². The number of alkyl halides is 2. The number of aliphatic carboxylic acids is 1. The van der Waals surface area contributed by atoms with E-state index in [2.05, 4.69) is 10.1 Å². The molecule has 1 amide bonds. The first kappa shape index (κ1) is 17.4. The molecule has 0 aromatic heterocycles. The molecule has 1 heterocycles. The molecule has 0 radical (unpaired) electrons. The number of nitrogens with zero attached hydrogens (tertiary/aromatic N) is 1. The van der Waals surface area contributed by atoms with Gasteiger partial charge in [0.25, 0.3) is 0 Å². The van der Waals surface area contributed by atoms with Crippen LogP contribution in [0.5, 0.6) is 5.75 Å². The number of benzene rings is 1. The molecule has 1 atom stereocenters. The lowest BCUT2D eigenvalue weighted by Gasteiger charge is -2.15. The third-order valence-electron chi connectivity index (χ3n) is 3.42. The molecule has 0 bridgehead atoms. The second kappa shape index (κ2) is 7.56. The quantitative estimate of drug-likeness (QED) is 0.824. The standard InChI is InChI=1S/C14H15ClF2N2O4/c15-10-5-9(1-2-11(10)23-14(16)17)18-12(20)7-19-4-3-8(6-19)13(21)22/h1-2,5,8,14H,3-4,6-7H2,(H,18,20)(H,21,22). The van der Waals surface area contributed by atoms with Crippen molar-refractivity contribution >= 4 is 29.2 Å². The third kappa shape index (κ3) is 5.04. The van der Waals surface area contributed by atoms with Gasteiger partial charge in [-0.3, -0.25) is 14.5 Å². The van der Waals surface area contributed by atoms with E-state index < -0.39 is 18.5 Å². The molecule has 1 aromatic carbocycles. The van der Waals surface area contributed by atoms with Crippen LogP contribution in [0.2, 0.25) is 5.02 Å². The molecule has 1 aromatic rings. The monoisotopic (exact) mass is 348 g/mol. The van der Waals surface area contributed by atoms with Crippen LogP contribution < -0.4 is 10.1 Å². The van der Waals surface area contributed by atoms with Crippen LogP contribution in [0.1, 0.15) is 6.42 Å². The molecule has 126 valence electrons. The Morgan fingerprint density at radius 2 is 2.22 bits per heavy atom. The van der Waals surface area contributed by atoms with Gasteiger partial charge >= 0.3 is 12.6 Å². The number of ether oxygens (including phenoxy) is 1. The van der Waals surface area contributed by atoms with Crippen LogP contribution in [-0.2, 0) is 9.59 Å². The molecule has 1 aliphatic rings. The van der Waals surface area contributed by atoms with Crippen molar-refractivity contribution < 1.29 is 28.2 Å². The van der Waals surface area contributed by atoms with Crippen molar-refractivity contribution in [3.8, 4) is 5.75 Å². The molecule has 6 nitrogen and oxygen atoms in total. The molecule has 1 fully saturated rings. The SMILES string of the molecule is O=C(CN1CCC(C(=O)O)C1)Nc1ccc(OC(F)F)c(Cl)c1. The summed E-state index contributed by atoms with van der Waals surface area (Å²) in [6, 6.07) is 3.94. The molecule has 23 heavy (non-hydrogen) atoms. The first-order valence-electron chi connectivity index (χ1n) is 6.84. The van der Waals surface area contributed by atoms with E-state index in [-0.39, 0.29) is 23.2 Å². The largest absolute Gasteiger partial charge is 0.481 e. The van der Waals surface area contributed by atoms with Crippen molar-refractivity contribution in [2.45, 2.75) is 13.0 Å². The Hall–Kier alpha value is -1.93. The normalized spacial score (nSPS) is 18.2. The molecule has 0 aliphatic carbocycles. The lowest BCUT2D eigenvalue weighted by atomic mass is 10.1. The van der Waals surface area contributed by atoms with Gasteiger partial charge in [0.15, 0.2) is 0 Å². The minimum Gasteiger partial charge on any atom is -0.481 e. The summed E-state index contributed by atoms with van der Waals surface area (Å²) in [5, 5.41) is 11.4. The molecule has 0 spiro atoms. The maximum absolute atomic E-state index is 12.1. The van der Waals surface area contributed by atoms with Crippen molar-refractivity contribution in [1.82, 2.24) is 4.90 Å². The van der Waals surface area contributed by atoms with Gasteiger partial charge in [0.2, 0.25) is 5.91 Å². The van der Waals surface area contributed by atoms with Gasteiger partial charge in [-0.05, 0) is 31.2 Å². The summed E-state index contributed by atoms with van der Waals surface area (Å²) in [6.07, 6.45) is 0.508. The number of amides is 1. The Morgan fingerprint density at radius 1 is 1.48 bits per heavy atom. The lowest BCUT2D eigenvalue weighted by Crippen LogP contribution is -2.32. The van der Waals surface area contributed by atoms with E-state index in [0.29, 0.717) is 25.2 Å². The highest BCUT2D eigenvalue weighted by Gasteiger charge is 2.28. The number of carbonyl (C=O) groups excluding carboxylic acids is 1. The summed E-state index contributed by atoms with van der Waals surface area (Å²) >= 11 is 5.80. The zero-order valence-electron chi connectivity index (χ0n) is 12.0. The number of nitrogens with one attached hydrogen (secondary N) is 1. The number of rotatable bonds is 6. The van der Waals surface area contributed by atoms with E-state index in [0.717, 1.165) is 0 Å². The Balaban J connectivity index is 1.88.